The normalized spacial score (nSPS) is 13.6. The first-order chi connectivity index (χ1) is 27.2. The van der Waals surface area contributed by atoms with Gasteiger partial charge in [-0.25, -0.2) is 0 Å². The molecule has 0 saturated carbocycles. The SMILES string of the molecule is CC(C)(C)c1ccc2c(c1)B1c3cc(C(C)(C)C)ccc3N(c3ccc(C(C)(C)C)cc3-c3ccccc3)c3cc(-n4c5ccccc5c5ccccc54)cc-2c31. The Labute approximate surface area is 338 Å². The Hall–Kier alpha value is -5.80. The first-order valence-electron chi connectivity index (χ1n) is 20.6. The molecule has 57 heavy (non-hydrogen) atoms. The molecular weight excluding hydrogens is 687 g/mol. The molecule has 0 spiro atoms. The fraction of sp³-hybridized carbons (Fsp3) is 0.222. The summed E-state index contributed by atoms with van der Waals surface area (Å²) in [7, 11) is 0. The Morgan fingerprint density at radius 3 is 1.54 bits per heavy atom. The minimum Gasteiger partial charge on any atom is -0.311 e. The largest absolute Gasteiger partial charge is 0.311 e. The van der Waals surface area contributed by atoms with Gasteiger partial charge in [0.15, 0.2) is 0 Å². The summed E-state index contributed by atoms with van der Waals surface area (Å²) in [4.78, 5) is 2.61. The van der Waals surface area contributed by atoms with E-state index >= 15 is 0 Å². The second-order valence-electron chi connectivity index (χ2n) is 19.5. The first kappa shape index (κ1) is 35.6. The number of benzene rings is 7. The van der Waals surface area contributed by atoms with Gasteiger partial charge in [-0.1, -0.05) is 171 Å². The van der Waals surface area contributed by atoms with E-state index in [0.717, 1.165) is 0 Å². The Morgan fingerprint density at radius 1 is 0.404 bits per heavy atom. The van der Waals surface area contributed by atoms with E-state index in [2.05, 4.69) is 217 Å². The van der Waals surface area contributed by atoms with Crippen LogP contribution in [-0.4, -0.2) is 11.3 Å². The summed E-state index contributed by atoms with van der Waals surface area (Å²) < 4.78 is 2.50. The fourth-order valence-corrected chi connectivity index (χ4v) is 9.55. The molecule has 7 aromatic carbocycles. The number of rotatable bonds is 3. The summed E-state index contributed by atoms with van der Waals surface area (Å²) >= 11 is 0. The number of anilines is 3. The summed E-state index contributed by atoms with van der Waals surface area (Å²) in [6, 6.07) is 55.6. The third-order valence-corrected chi connectivity index (χ3v) is 12.7. The molecule has 2 nitrogen and oxygen atoms in total. The van der Waals surface area contributed by atoms with Crippen LogP contribution in [0.15, 0.2) is 146 Å². The summed E-state index contributed by atoms with van der Waals surface area (Å²) in [6.07, 6.45) is 0. The van der Waals surface area contributed by atoms with Crippen LogP contribution in [0.25, 0.3) is 49.7 Å². The highest BCUT2D eigenvalue weighted by Gasteiger charge is 2.44. The van der Waals surface area contributed by atoms with Crippen molar-refractivity contribution in [1.82, 2.24) is 4.57 Å². The number of aromatic nitrogens is 1. The van der Waals surface area contributed by atoms with Crippen LogP contribution < -0.4 is 21.3 Å². The van der Waals surface area contributed by atoms with E-state index in [1.807, 2.05) is 0 Å². The van der Waals surface area contributed by atoms with E-state index < -0.39 is 0 Å². The highest BCUT2D eigenvalue weighted by Crippen LogP contribution is 2.47. The molecule has 8 aromatic rings. The lowest BCUT2D eigenvalue weighted by Crippen LogP contribution is -2.55. The molecule has 2 aliphatic rings. The average molecular weight is 739 g/mol. The van der Waals surface area contributed by atoms with Crippen LogP contribution >= 0.6 is 0 Å². The average Bonchev–Trinajstić information content (AvgIpc) is 3.70. The van der Waals surface area contributed by atoms with Crippen LogP contribution in [0.2, 0.25) is 0 Å². The third kappa shape index (κ3) is 5.53. The van der Waals surface area contributed by atoms with Gasteiger partial charge in [-0.3, -0.25) is 0 Å². The van der Waals surface area contributed by atoms with Crippen LogP contribution in [0.4, 0.5) is 17.1 Å². The molecule has 0 N–H and O–H groups in total. The summed E-state index contributed by atoms with van der Waals surface area (Å²) in [6.45, 7) is 21.1. The standard InChI is InChI=1S/C54H51BN2/c1-52(2,3)35-24-27-48(42(29-35)34-17-11-10-12-18-34)57-49-28-25-37(54(7,8)9)31-45(49)55-44-30-36(53(4,5)6)23-26-39(44)43-32-38(33-50(57)51(43)55)56-46-21-15-13-19-40(46)41-20-14-16-22-47(41)56/h10-33H,1-9H3. The van der Waals surface area contributed by atoms with Crippen molar-refractivity contribution >= 4 is 62.0 Å². The van der Waals surface area contributed by atoms with Crippen molar-refractivity contribution in [3.63, 3.8) is 0 Å². The number of para-hydroxylation sites is 2. The van der Waals surface area contributed by atoms with Gasteiger partial charge in [0.05, 0.1) is 16.7 Å². The van der Waals surface area contributed by atoms with Crippen LogP contribution in [0.1, 0.15) is 79.0 Å². The van der Waals surface area contributed by atoms with Gasteiger partial charge in [0.25, 0.3) is 0 Å². The minimum atomic E-state index is -0.00131. The van der Waals surface area contributed by atoms with E-state index in [9.17, 15) is 0 Å². The molecule has 1 aromatic heterocycles. The molecule has 3 heteroatoms. The van der Waals surface area contributed by atoms with Crippen molar-refractivity contribution in [2.75, 3.05) is 4.90 Å². The molecule has 0 radical (unpaired) electrons. The van der Waals surface area contributed by atoms with Crippen molar-refractivity contribution in [3.8, 4) is 27.9 Å². The number of hydrogen-bond acceptors (Lipinski definition) is 1. The van der Waals surface area contributed by atoms with Gasteiger partial charge in [0.2, 0.25) is 6.71 Å². The first-order valence-corrected chi connectivity index (χ1v) is 20.6. The maximum Gasteiger partial charge on any atom is 0.248 e. The highest BCUT2D eigenvalue weighted by atomic mass is 15.2. The Balaban J connectivity index is 1.35. The second-order valence-corrected chi connectivity index (χ2v) is 19.5. The summed E-state index contributed by atoms with van der Waals surface area (Å²) in [5.74, 6) is 0. The van der Waals surface area contributed by atoms with Gasteiger partial charge in [-0.2, -0.15) is 0 Å². The third-order valence-electron chi connectivity index (χ3n) is 12.7. The zero-order chi connectivity index (χ0) is 39.6. The highest BCUT2D eigenvalue weighted by molar-refractivity contribution is 7.01. The van der Waals surface area contributed by atoms with Gasteiger partial charge in [0, 0.05) is 33.4 Å². The lowest BCUT2D eigenvalue weighted by Gasteiger charge is -2.38. The number of nitrogens with zero attached hydrogens (tertiary/aromatic N) is 2. The number of hydrogen-bond donors (Lipinski definition) is 0. The Bertz CT molecular complexity index is 2860. The van der Waals surface area contributed by atoms with Crippen molar-refractivity contribution in [3.05, 3.63) is 162 Å². The molecular formula is C54H51BN2. The molecule has 0 amide bonds. The van der Waals surface area contributed by atoms with E-state index in [0.29, 0.717) is 0 Å². The van der Waals surface area contributed by atoms with E-state index in [-0.39, 0.29) is 23.0 Å². The van der Waals surface area contributed by atoms with Crippen molar-refractivity contribution in [2.45, 2.75) is 78.6 Å². The van der Waals surface area contributed by atoms with Crippen molar-refractivity contribution in [1.29, 1.82) is 0 Å². The predicted octanol–water partition coefficient (Wildman–Crippen LogP) is 12.6. The molecule has 280 valence electrons. The van der Waals surface area contributed by atoms with Gasteiger partial charge in [0.1, 0.15) is 0 Å². The maximum absolute atomic E-state index is 2.61. The monoisotopic (exact) mass is 738 g/mol. The van der Waals surface area contributed by atoms with Crippen LogP contribution in [-0.2, 0) is 16.2 Å². The molecule has 0 saturated heterocycles. The van der Waals surface area contributed by atoms with Gasteiger partial charge in [-0.15, -0.1) is 0 Å². The summed E-state index contributed by atoms with van der Waals surface area (Å²) in [5.41, 5.74) is 20.7. The molecule has 2 aliphatic heterocycles. The summed E-state index contributed by atoms with van der Waals surface area (Å²) in [5, 5.41) is 2.55. The molecule has 0 bridgehead atoms. The van der Waals surface area contributed by atoms with Crippen LogP contribution in [0, 0.1) is 0 Å². The van der Waals surface area contributed by atoms with Crippen molar-refractivity contribution in [2.24, 2.45) is 0 Å². The van der Waals surface area contributed by atoms with E-state index in [1.54, 1.807) is 0 Å². The molecule has 0 aliphatic carbocycles. The van der Waals surface area contributed by atoms with Crippen LogP contribution in [0.5, 0.6) is 0 Å². The molecule has 0 fully saturated rings. The zero-order valence-electron chi connectivity index (χ0n) is 34.8. The predicted molar refractivity (Wildman–Crippen MR) is 247 cm³/mol. The molecule has 3 heterocycles. The molecule has 0 atom stereocenters. The maximum atomic E-state index is 2.61. The second kappa shape index (κ2) is 12.4. The lowest BCUT2D eigenvalue weighted by molar-refractivity contribution is 0.590. The van der Waals surface area contributed by atoms with Gasteiger partial charge >= 0.3 is 0 Å². The minimum absolute atomic E-state index is 0.00131. The quantitative estimate of drug-likeness (QED) is 0.164. The Morgan fingerprint density at radius 2 is 0.930 bits per heavy atom. The lowest BCUT2D eigenvalue weighted by atomic mass is 9.36. The smallest absolute Gasteiger partial charge is 0.248 e. The molecule has 0 unspecified atom stereocenters. The van der Waals surface area contributed by atoms with E-state index in [1.165, 1.54) is 99.9 Å². The molecule has 10 rings (SSSR count). The number of fused-ring (bicyclic) bond motifs is 8. The van der Waals surface area contributed by atoms with Gasteiger partial charge in [-0.05, 0) is 103 Å². The van der Waals surface area contributed by atoms with Gasteiger partial charge < -0.3 is 9.47 Å². The topological polar surface area (TPSA) is 8.17 Å². The Kier molecular flexibility index (Phi) is 7.72. The zero-order valence-corrected chi connectivity index (χ0v) is 34.8. The fourth-order valence-electron chi connectivity index (χ4n) is 9.55. The van der Waals surface area contributed by atoms with Crippen LogP contribution in [0.3, 0.4) is 0 Å². The van der Waals surface area contributed by atoms with Crippen molar-refractivity contribution < 1.29 is 0 Å². The van der Waals surface area contributed by atoms with E-state index in [4.69, 9.17) is 0 Å².